The number of ether oxygens (including phenoxy) is 1. The Hall–Kier alpha value is -4.59. The molecular formula is C46H46Cl4N4O2. The Morgan fingerprint density at radius 3 is 0.982 bits per heavy atom. The van der Waals surface area contributed by atoms with Crippen molar-refractivity contribution < 1.29 is 9.53 Å². The number of nitrogens with zero attached hydrogens (tertiary/aromatic N) is 4. The van der Waals surface area contributed by atoms with Gasteiger partial charge in [-0.1, -0.05) is 94.9 Å². The monoisotopic (exact) mass is 826 g/mol. The van der Waals surface area contributed by atoms with Gasteiger partial charge in [-0.05, 0) is 107 Å². The molecular weight excluding hydrogens is 782 g/mol. The highest BCUT2D eigenvalue weighted by molar-refractivity contribution is 6.53. The van der Waals surface area contributed by atoms with E-state index in [1.807, 2.05) is 70.2 Å². The Balaban J connectivity index is 1.82. The van der Waals surface area contributed by atoms with E-state index in [2.05, 4.69) is 117 Å². The van der Waals surface area contributed by atoms with Crippen molar-refractivity contribution in [3.05, 3.63) is 162 Å². The predicted molar refractivity (Wildman–Crippen MR) is 240 cm³/mol. The summed E-state index contributed by atoms with van der Waals surface area (Å²) in [5.41, 5.74) is 9.76. The van der Waals surface area contributed by atoms with Gasteiger partial charge in [0.1, 0.15) is 0 Å². The van der Waals surface area contributed by atoms with E-state index in [1.165, 1.54) is 0 Å². The molecule has 6 rings (SSSR count). The number of carbonyl (C=O) groups is 1. The van der Waals surface area contributed by atoms with E-state index >= 15 is 0 Å². The Bertz CT molecular complexity index is 2120. The van der Waals surface area contributed by atoms with Crippen LogP contribution in [0.1, 0.15) is 52.0 Å². The van der Waals surface area contributed by atoms with Gasteiger partial charge in [0.15, 0.2) is 5.60 Å². The molecule has 5 aromatic carbocycles. The van der Waals surface area contributed by atoms with Crippen LogP contribution in [0.4, 0.5) is 22.7 Å². The van der Waals surface area contributed by atoms with Crippen LogP contribution < -0.4 is 19.6 Å². The minimum Gasteiger partial charge on any atom is -0.441 e. The number of cyclic esters (lactones) is 1. The Morgan fingerprint density at radius 1 is 0.446 bits per heavy atom. The minimum atomic E-state index is -1.60. The maximum absolute atomic E-state index is 14.5. The number of benzene rings is 5. The Kier molecular flexibility index (Phi) is 11.8. The number of anilines is 4. The normalized spacial score (nSPS) is 12.8. The Morgan fingerprint density at radius 2 is 0.714 bits per heavy atom. The SMILES string of the molecule is CC(=C(c1ccc(N(C)C)cc1)c1ccc(N(C)C)cc1)C1(C(C)=C(c2ccc(N(C)C)cc2)c2ccc(N(C)C)cc2)OC(=O)c2c(Cl)c(Cl)c(Cl)c(Cl)c21. The molecule has 0 bridgehead atoms. The van der Waals surface area contributed by atoms with Gasteiger partial charge in [0.2, 0.25) is 0 Å². The maximum atomic E-state index is 14.5. The first kappa shape index (κ1) is 41.1. The van der Waals surface area contributed by atoms with E-state index in [9.17, 15) is 4.79 Å². The van der Waals surface area contributed by atoms with Crippen molar-refractivity contribution in [1.29, 1.82) is 0 Å². The van der Waals surface area contributed by atoms with Crippen molar-refractivity contribution in [2.75, 3.05) is 76.0 Å². The van der Waals surface area contributed by atoms with Gasteiger partial charge in [0.25, 0.3) is 0 Å². The maximum Gasteiger partial charge on any atom is 0.341 e. The average Bonchev–Trinajstić information content (AvgIpc) is 3.51. The lowest BCUT2D eigenvalue weighted by molar-refractivity contribution is 0.0230. The van der Waals surface area contributed by atoms with Gasteiger partial charge in [0, 0.05) is 84.7 Å². The summed E-state index contributed by atoms with van der Waals surface area (Å²) in [7, 11) is 16.1. The molecule has 6 nitrogen and oxygen atoms in total. The second-order valence-electron chi connectivity index (χ2n) is 14.8. The molecule has 0 aliphatic carbocycles. The molecule has 10 heteroatoms. The molecule has 5 aromatic rings. The molecule has 0 radical (unpaired) electrons. The second-order valence-corrected chi connectivity index (χ2v) is 16.4. The average molecular weight is 829 g/mol. The first-order valence-corrected chi connectivity index (χ1v) is 19.6. The second kappa shape index (κ2) is 16.1. The summed E-state index contributed by atoms with van der Waals surface area (Å²) in [6.07, 6.45) is 0. The lowest BCUT2D eigenvalue weighted by Crippen LogP contribution is -2.32. The number of halogens is 4. The number of esters is 1. The summed E-state index contributed by atoms with van der Waals surface area (Å²) in [6.45, 7) is 3.99. The van der Waals surface area contributed by atoms with E-state index in [0.717, 1.165) is 56.1 Å². The van der Waals surface area contributed by atoms with Gasteiger partial charge in [-0.3, -0.25) is 0 Å². The van der Waals surface area contributed by atoms with Crippen LogP contribution in [0.15, 0.2) is 108 Å². The van der Waals surface area contributed by atoms with Gasteiger partial charge in [-0.25, -0.2) is 4.79 Å². The molecule has 0 N–H and O–H groups in total. The zero-order chi connectivity index (χ0) is 40.8. The lowest BCUT2D eigenvalue weighted by Gasteiger charge is -2.36. The molecule has 0 saturated carbocycles. The van der Waals surface area contributed by atoms with E-state index in [-0.39, 0.29) is 25.7 Å². The predicted octanol–water partition coefficient (Wildman–Crippen LogP) is 12.0. The number of rotatable bonds is 10. The van der Waals surface area contributed by atoms with Gasteiger partial charge >= 0.3 is 5.97 Å². The summed E-state index contributed by atoms with van der Waals surface area (Å²) in [5.74, 6) is -0.653. The zero-order valence-corrected chi connectivity index (χ0v) is 36.4. The lowest BCUT2D eigenvalue weighted by atomic mass is 9.73. The van der Waals surface area contributed by atoms with Crippen molar-refractivity contribution in [2.24, 2.45) is 0 Å². The van der Waals surface area contributed by atoms with Crippen LogP contribution >= 0.6 is 46.4 Å². The third-order valence-electron chi connectivity index (χ3n) is 10.6. The van der Waals surface area contributed by atoms with Gasteiger partial charge < -0.3 is 24.3 Å². The van der Waals surface area contributed by atoms with Crippen LogP contribution in [0.3, 0.4) is 0 Å². The van der Waals surface area contributed by atoms with Crippen LogP contribution in [0.2, 0.25) is 20.1 Å². The molecule has 0 amide bonds. The summed E-state index contributed by atoms with van der Waals surface area (Å²) in [4.78, 5) is 22.7. The standard InChI is InChI=1S/C46H46Cl4N4O2/c1-27(37(29-11-19-33(20-12-29)51(3)4)30-13-21-34(22-14-30)52(5)6)46(40-39(45(55)56-46)41(47)43(49)44(50)42(40)48)28(2)38(31-15-23-35(24-16-31)53(7)8)32-17-25-36(26-18-32)54(9)10/h11-26H,1-10H3. The number of carbonyl (C=O) groups excluding carboxylic acids is 1. The number of fused-ring (bicyclic) bond motifs is 1. The van der Waals surface area contributed by atoms with Crippen LogP contribution in [0.5, 0.6) is 0 Å². The molecule has 0 atom stereocenters. The fourth-order valence-electron chi connectivity index (χ4n) is 7.46. The Labute approximate surface area is 351 Å². The summed E-state index contributed by atoms with van der Waals surface area (Å²) in [6, 6.07) is 33.3. The first-order valence-electron chi connectivity index (χ1n) is 18.1. The van der Waals surface area contributed by atoms with Crippen LogP contribution in [-0.4, -0.2) is 62.4 Å². The zero-order valence-electron chi connectivity index (χ0n) is 33.4. The smallest absolute Gasteiger partial charge is 0.341 e. The topological polar surface area (TPSA) is 39.3 Å². The molecule has 0 aromatic heterocycles. The molecule has 0 saturated heterocycles. The highest BCUT2D eigenvalue weighted by Gasteiger charge is 2.54. The molecule has 1 heterocycles. The van der Waals surface area contributed by atoms with Crippen LogP contribution in [0, 0.1) is 0 Å². The fourth-order valence-corrected chi connectivity index (χ4v) is 8.52. The molecule has 1 aliphatic heterocycles. The van der Waals surface area contributed by atoms with E-state index < -0.39 is 11.6 Å². The molecule has 0 unspecified atom stereocenters. The highest BCUT2D eigenvalue weighted by Crippen LogP contribution is 2.58. The highest BCUT2D eigenvalue weighted by atomic mass is 35.5. The van der Waals surface area contributed by atoms with Crippen molar-refractivity contribution in [1.82, 2.24) is 0 Å². The largest absolute Gasteiger partial charge is 0.441 e. The van der Waals surface area contributed by atoms with Crippen molar-refractivity contribution in [3.8, 4) is 0 Å². The molecule has 0 spiro atoms. The van der Waals surface area contributed by atoms with Crippen molar-refractivity contribution in [2.45, 2.75) is 19.4 Å². The third-order valence-corrected chi connectivity index (χ3v) is 12.4. The fraction of sp³-hybridized carbons (Fsp3) is 0.239. The summed E-state index contributed by atoms with van der Waals surface area (Å²) < 4.78 is 6.84. The summed E-state index contributed by atoms with van der Waals surface area (Å²) in [5, 5.41) is 0.115. The number of hydrogen-bond acceptors (Lipinski definition) is 6. The van der Waals surface area contributed by atoms with E-state index in [4.69, 9.17) is 51.1 Å². The molecule has 0 fully saturated rings. The summed E-state index contributed by atoms with van der Waals surface area (Å²) >= 11 is 27.8. The molecule has 290 valence electrons. The van der Waals surface area contributed by atoms with E-state index in [1.54, 1.807) is 0 Å². The van der Waals surface area contributed by atoms with Gasteiger partial charge in [0.05, 0.1) is 25.7 Å². The quantitative estimate of drug-likeness (QED) is 0.0793. The third kappa shape index (κ3) is 7.25. The van der Waals surface area contributed by atoms with Crippen LogP contribution in [-0.2, 0) is 10.3 Å². The minimum absolute atomic E-state index is 0.00866. The van der Waals surface area contributed by atoms with Gasteiger partial charge in [-0.2, -0.15) is 0 Å². The van der Waals surface area contributed by atoms with Crippen molar-refractivity contribution in [3.63, 3.8) is 0 Å². The first-order chi connectivity index (χ1) is 26.5. The van der Waals surface area contributed by atoms with Gasteiger partial charge in [-0.15, -0.1) is 0 Å². The van der Waals surface area contributed by atoms with Crippen molar-refractivity contribution >= 4 is 86.3 Å². The molecule has 1 aliphatic rings. The number of hydrogen-bond donors (Lipinski definition) is 0. The van der Waals surface area contributed by atoms with Crippen LogP contribution in [0.25, 0.3) is 11.1 Å². The molecule has 56 heavy (non-hydrogen) atoms. The van der Waals surface area contributed by atoms with E-state index in [0.29, 0.717) is 16.7 Å².